The molecule has 1 rings (SSSR count). The van der Waals surface area contributed by atoms with Crippen LogP contribution < -0.4 is 0 Å². The van der Waals surface area contributed by atoms with Gasteiger partial charge in [-0.1, -0.05) is 43.6 Å². The molecule has 1 saturated carbocycles. The fraction of sp³-hybridized carbons (Fsp3) is 1.00. The molecular weight excluding hydrogens is 236 g/mol. The molecule has 0 aromatic rings. The summed E-state index contributed by atoms with van der Waals surface area (Å²) in [6.07, 6.45) is 5.67. The molecule has 84 valence electrons. The van der Waals surface area contributed by atoms with E-state index in [9.17, 15) is 0 Å². The van der Waals surface area contributed by atoms with E-state index in [0.29, 0.717) is 0 Å². The summed E-state index contributed by atoms with van der Waals surface area (Å²) >= 11 is 3.86. The zero-order valence-electron chi connectivity index (χ0n) is 10.1. The summed E-state index contributed by atoms with van der Waals surface area (Å²) in [4.78, 5) is 0.792. The van der Waals surface area contributed by atoms with E-state index in [1.54, 1.807) is 0 Å². The molecule has 0 bridgehead atoms. The van der Waals surface area contributed by atoms with Crippen LogP contribution in [0.3, 0.4) is 0 Å². The van der Waals surface area contributed by atoms with Gasteiger partial charge in [0.15, 0.2) is 0 Å². The normalized spacial score (nSPS) is 34.1. The molecule has 1 fully saturated rings. The minimum Gasteiger partial charge on any atom is -0.0888 e. The topological polar surface area (TPSA) is 0 Å². The van der Waals surface area contributed by atoms with E-state index in [1.165, 1.54) is 25.7 Å². The molecule has 0 saturated heterocycles. The molecule has 0 heterocycles. The van der Waals surface area contributed by atoms with Gasteiger partial charge in [0.2, 0.25) is 0 Å². The van der Waals surface area contributed by atoms with E-state index in [4.69, 9.17) is 0 Å². The summed E-state index contributed by atoms with van der Waals surface area (Å²) in [5.41, 5.74) is 0. The third-order valence-corrected chi connectivity index (χ3v) is 4.85. The lowest BCUT2D eigenvalue weighted by atomic mass is 9.74. The van der Waals surface area contributed by atoms with Gasteiger partial charge in [-0.2, -0.15) is 0 Å². The molecule has 14 heavy (non-hydrogen) atoms. The molecule has 0 spiro atoms. The Balaban J connectivity index is 2.46. The van der Waals surface area contributed by atoms with Gasteiger partial charge in [-0.05, 0) is 49.4 Å². The van der Waals surface area contributed by atoms with Crippen LogP contribution in [0, 0.1) is 23.7 Å². The lowest BCUT2D eigenvalue weighted by Gasteiger charge is -2.36. The van der Waals surface area contributed by atoms with Crippen molar-refractivity contribution in [3.8, 4) is 0 Å². The van der Waals surface area contributed by atoms with Crippen molar-refractivity contribution in [3.05, 3.63) is 0 Å². The van der Waals surface area contributed by atoms with Crippen LogP contribution >= 0.6 is 15.9 Å². The van der Waals surface area contributed by atoms with E-state index < -0.39 is 0 Å². The fourth-order valence-corrected chi connectivity index (χ4v) is 3.41. The van der Waals surface area contributed by atoms with Crippen LogP contribution in [0.15, 0.2) is 0 Å². The number of hydrogen-bond donors (Lipinski definition) is 0. The highest BCUT2D eigenvalue weighted by atomic mass is 79.9. The molecule has 0 aromatic carbocycles. The van der Waals surface area contributed by atoms with Crippen molar-refractivity contribution in [1.82, 2.24) is 0 Å². The van der Waals surface area contributed by atoms with Gasteiger partial charge in [-0.3, -0.25) is 0 Å². The number of alkyl halides is 1. The fourth-order valence-electron chi connectivity index (χ4n) is 2.72. The van der Waals surface area contributed by atoms with Crippen LogP contribution in [0.5, 0.6) is 0 Å². The third kappa shape index (κ3) is 3.56. The van der Waals surface area contributed by atoms with Gasteiger partial charge in [-0.15, -0.1) is 0 Å². The van der Waals surface area contributed by atoms with Crippen molar-refractivity contribution in [2.75, 3.05) is 0 Å². The average molecular weight is 261 g/mol. The Kier molecular flexibility index (Phi) is 4.96. The average Bonchev–Trinajstić information content (AvgIpc) is 2.07. The lowest BCUT2D eigenvalue weighted by molar-refractivity contribution is 0.203. The second-order valence-corrected chi connectivity index (χ2v) is 6.90. The zero-order chi connectivity index (χ0) is 10.7. The molecule has 0 amide bonds. The number of rotatable bonds is 3. The van der Waals surface area contributed by atoms with Crippen LogP contribution in [0.1, 0.15) is 53.4 Å². The second-order valence-electron chi connectivity index (χ2n) is 5.72. The van der Waals surface area contributed by atoms with E-state index in [1.807, 2.05) is 0 Å². The highest BCUT2D eigenvalue weighted by Gasteiger charge is 2.30. The summed E-state index contributed by atoms with van der Waals surface area (Å²) in [6, 6.07) is 0. The minimum atomic E-state index is 0.792. The van der Waals surface area contributed by atoms with Crippen LogP contribution in [-0.4, -0.2) is 4.83 Å². The Bertz CT molecular complexity index is 163. The van der Waals surface area contributed by atoms with Crippen LogP contribution in [0.4, 0.5) is 0 Å². The predicted molar refractivity (Wildman–Crippen MR) is 67.8 cm³/mol. The maximum atomic E-state index is 3.86. The Morgan fingerprint density at radius 1 is 1.14 bits per heavy atom. The predicted octanol–water partition coefficient (Wildman–Crippen LogP) is 4.87. The Morgan fingerprint density at radius 2 is 1.79 bits per heavy atom. The van der Waals surface area contributed by atoms with Crippen molar-refractivity contribution in [2.45, 2.75) is 58.2 Å². The van der Waals surface area contributed by atoms with E-state index >= 15 is 0 Å². The van der Waals surface area contributed by atoms with E-state index in [2.05, 4.69) is 43.6 Å². The van der Waals surface area contributed by atoms with Crippen molar-refractivity contribution in [3.63, 3.8) is 0 Å². The third-order valence-electron chi connectivity index (χ3n) is 3.65. The largest absolute Gasteiger partial charge is 0.0888 e. The molecule has 1 aliphatic carbocycles. The van der Waals surface area contributed by atoms with Crippen LogP contribution in [0.2, 0.25) is 0 Å². The molecule has 1 aliphatic rings. The van der Waals surface area contributed by atoms with Gasteiger partial charge in [0.05, 0.1) is 0 Å². The Morgan fingerprint density at radius 3 is 2.29 bits per heavy atom. The van der Waals surface area contributed by atoms with Gasteiger partial charge in [-0.25, -0.2) is 0 Å². The van der Waals surface area contributed by atoms with Crippen molar-refractivity contribution >= 4 is 15.9 Å². The molecular formula is C13H25Br. The second kappa shape index (κ2) is 5.53. The van der Waals surface area contributed by atoms with Gasteiger partial charge < -0.3 is 0 Å². The smallest absolute Gasteiger partial charge is 0.0174 e. The first-order valence-electron chi connectivity index (χ1n) is 6.14. The summed E-state index contributed by atoms with van der Waals surface area (Å²) in [5, 5.41) is 0. The monoisotopic (exact) mass is 260 g/mol. The summed E-state index contributed by atoms with van der Waals surface area (Å²) in [5.74, 6) is 3.64. The Labute approximate surface area is 98.0 Å². The Hall–Kier alpha value is 0.480. The molecule has 0 nitrogen and oxygen atoms in total. The summed E-state index contributed by atoms with van der Waals surface area (Å²) in [6.45, 7) is 9.45. The minimum absolute atomic E-state index is 0.792. The van der Waals surface area contributed by atoms with Crippen molar-refractivity contribution < 1.29 is 0 Å². The highest BCUT2D eigenvalue weighted by molar-refractivity contribution is 9.09. The van der Waals surface area contributed by atoms with Gasteiger partial charge in [0.25, 0.3) is 0 Å². The summed E-state index contributed by atoms with van der Waals surface area (Å²) < 4.78 is 0. The van der Waals surface area contributed by atoms with Crippen molar-refractivity contribution in [2.24, 2.45) is 23.7 Å². The number of halogens is 1. The van der Waals surface area contributed by atoms with Gasteiger partial charge >= 0.3 is 0 Å². The molecule has 0 aromatic heterocycles. The van der Waals surface area contributed by atoms with Crippen molar-refractivity contribution in [1.29, 1.82) is 0 Å². The summed E-state index contributed by atoms with van der Waals surface area (Å²) in [7, 11) is 0. The quantitative estimate of drug-likeness (QED) is 0.636. The maximum absolute atomic E-state index is 3.86. The molecule has 1 heteroatoms. The van der Waals surface area contributed by atoms with E-state index in [0.717, 1.165) is 28.5 Å². The van der Waals surface area contributed by atoms with Gasteiger partial charge in [0.1, 0.15) is 0 Å². The van der Waals surface area contributed by atoms with E-state index in [-0.39, 0.29) is 0 Å². The first-order chi connectivity index (χ1) is 6.50. The standard InChI is InChI=1S/C13H25Br/c1-9(2)7-12-8-11(10(3)4)5-6-13(12)14/h9-13H,5-8H2,1-4H3. The zero-order valence-corrected chi connectivity index (χ0v) is 11.7. The maximum Gasteiger partial charge on any atom is 0.0174 e. The van der Waals surface area contributed by atoms with Gasteiger partial charge in [0, 0.05) is 4.83 Å². The number of hydrogen-bond acceptors (Lipinski definition) is 0. The van der Waals surface area contributed by atoms with Crippen LogP contribution in [-0.2, 0) is 0 Å². The first kappa shape index (κ1) is 12.5. The molecule has 0 N–H and O–H groups in total. The lowest BCUT2D eigenvalue weighted by Crippen LogP contribution is -2.28. The molecule has 3 unspecified atom stereocenters. The molecule has 0 aliphatic heterocycles. The SMILES string of the molecule is CC(C)CC1CC(C(C)C)CCC1Br. The van der Waals surface area contributed by atoms with Crippen LogP contribution in [0.25, 0.3) is 0 Å². The molecule has 3 atom stereocenters. The first-order valence-corrected chi connectivity index (χ1v) is 7.06. The highest BCUT2D eigenvalue weighted by Crippen LogP contribution is 2.39. The molecule has 0 radical (unpaired) electrons.